The molecule has 0 amide bonds. The lowest BCUT2D eigenvalue weighted by Gasteiger charge is -2.14. The van der Waals surface area contributed by atoms with Crippen LogP contribution in [-0.4, -0.2) is 23.7 Å². The number of rotatable bonds is 7. The maximum Gasteiger partial charge on any atom is 0.156 e. The zero-order valence-corrected chi connectivity index (χ0v) is 15.2. The van der Waals surface area contributed by atoms with E-state index in [0.717, 1.165) is 6.21 Å². The van der Waals surface area contributed by atoms with Crippen LogP contribution in [0.15, 0.2) is 65.9 Å². The number of halogens is 1. The van der Waals surface area contributed by atoms with Crippen molar-refractivity contribution in [3.63, 3.8) is 0 Å². The number of amidine groups is 1. The highest BCUT2D eigenvalue weighted by molar-refractivity contribution is 6.31. The minimum absolute atomic E-state index is 0.0402. The van der Waals surface area contributed by atoms with Gasteiger partial charge in [-0.1, -0.05) is 30.3 Å². The fraction of sp³-hybridized carbons (Fsp3) is 0.0526. The summed E-state index contributed by atoms with van der Waals surface area (Å²) in [6, 6.07) is 12.0. The van der Waals surface area contributed by atoms with Crippen LogP contribution in [0, 0.1) is 5.41 Å². The fourth-order valence-corrected chi connectivity index (χ4v) is 2.46. The van der Waals surface area contributed by atoms with Crippen molar-refractivity contribution < 1.29 is 9.94 Å². The molecule has 0 aromatic heterocycles. The number of aliphatic hydroxyl groups excluding tert-OH is 1. The first-order valence-electron chi connectivity index (χ1n) is 7.88. The Morgan fingerprint density at radius 1 is 1.30 bits per heavy atom. The van der Waals surface area contributed by atoms with E-state index in [2.05, 4.69) is 16.9 Å². The third kappa shape index (κ3) is 5.34. The summed E-state index contributed by atoms with van der Waals surface area (Å²) >= 11 is 5.97. The van der Waals surface area contributed by atoms with Crippen LogP contribution in [0.5, 0.6) is 5.75 Å². The van der Waals surface area contributed by atoms with Gasteiger partial charge in [0.15, 0.2) is 5.75 Å². The summed E-state index contributed by atoms with van der Waals surface area (Å²) in [5, 5.41) is 20.3. The Bertz CT molecular complexity index is 909. The number of anilines is 1. The highest BCUT2D eigenvalue weighted by Gasteiger charge is 2.12. The van der Waals surface area contributed by atoms with Crippen LogP contribution in [0.2, 0.25) is 5.02 Å². The molecule has 0 aliphatic carbocycles. The van der Waals surface area contributed by atoms with Gasteiger partial charge in [-0.15, -0.1) is 0 Å². The summed E-state index contributed by atoms with van der Waals surface area (Å²) in [5.74, 6) is 6.05. The number of aliphatic hydroxyl groups is 1. The zero-order valence-electron chi connectivity index (χ0n) is 14.4. The Hall–Kier alpha value is -3.29. The van der Waals surface area contributed by atoms with E-state index in [9.17, 15) is 5.11 Å². The van der Waals surface area contributed by atoms with Crippen LogP contribution >= 0.6 is 11.6 Å². The molecule has 0 atom stereocenters. The van der Waals surface area contributed by atoms with Gasteiger partial charge in [-0.05, 0) is 36.4 Å². The Balaban J connectivity index is 2.44. The van der Waals surface area contributed by atoms with Crippen LogP contribution < -0.4 is 21.8 Å². The van der Waals surface area contributed by atoms with Crippen molar-refractivity contribution in [2.24, 2.45) is 10.9 Å². The Kier molecular flexibility index (Phi) is 6.99. The standard InChI is InChI=1S/C19H20ClN5O2/c1-12(15-4-2-3-5-18(15)27-23)25-19(24-11-14(26)8-9-21)16-7-6-13(20)10-17(16)22/h2-10,21,26H,1,11,22-23H2,(H,24,25)/b14-8-,21-9?. The molecule has 2 aromatic rings. The van der Waals surface area contributed by atoms with Crippen molar-refractivity contribution in [1.29, 1.82) is 5.41 Å². The number of allylic oxidation sites excluding steroid dienone is 1. The number of aliphatic imine (C=N–C) groups is 1. The topological polar surface area (TPSA) is 130 Å². The van der Waals surface area contributed by atoms with Crippen LogP contribution in [0.1, 0.15) is 11.1 Å². The van der Waals surface area contributed by atoms with E-state index in [4.69, 9.17) is 33.5 Å². The van der Waals surface area contributed by atoms with Crippen molar-refractivity contribution in [2.45, 2.75) is 0 Å². The van der Waals surface area contributed by atoms with Gasteiger partial charge in [0, 0.05) is 28.1 Å². The number of hydrogen-bond donors (Lipinski definition) is 5. The number of hydrogen-bond acceptors (Lipinski definition) is 6. The molecular weight excluding hydrogens is 366 g/mol. The number of nitrogens with zero attached hydrogens (tertiary/aromatic N) is 1. The van der Waals surface area contributed by atoms with Gasteiger partial charge >= 0.3 is 0 Å². The average molecular weight is 386 g/mol. The Labute approximate surface area is 162 Å². The second-order valence-electron chi connectivity index (χ2n) is 5.43. The first kappa shape index (κ1) is 20.0. The van der Waals surface area contributed by atoms with Gasteiger partial charge < -0.3 is 26.4 Å². The number of nitrogens with two attached hydrogens (primary N) is 2. The SMILES string of the molecule is C=C(/N=C(/NC/C(O)=C/C=N)c1ccc(Cl)cc1N)c1ccccc1ON. The largest absolute Gasteiger partial charge is 0.510 e. The number of benzene rings is 2. The Morgan fingerprint density at radius 3 is 2.70 bits per heavy atom. The summed E-state index contributed by atoms with van der Waals surface area (Å²) in [6.07, 6.45) is 2.24. The van der Waals surface area contributed by atoms with Crippen LogP contribution in [0.3, 0.4) is 0 Å². The van der Waals surface area contributed by atoms with Gasteiger partial charge in [0.05, 0.1) is 12.2 Å². The molecule has 27 heavy (non-hydrogen) atoms. The van der Waals surface area contributed by atoms with Crippen LogP contribution in [0.25, 0.3) is 5.70 Å². The predicted molar refractivity (Wildman–Crippen MR) is 110 cm³/mol. The van der Waals surface area contributed by atoms with E-state index in [1.807, 2.05) is 0 Å². The summed E-state index contributed by atoms with van der Waals surface area (Å²) in [7, 11) is 0. The van der Waals surface area contributed by atoms with Gasteiger partial charge in [-0.2, -0.15) is 5.90 Å². The smallest absolute Gasteiger partial charge is 0.156 e. The van der Waals surface area contributed by atoms with Gasteiger partial charge in [-0.25, -0.2) is 4.99 Å². The van der Waals surface area contributed by atoms with Gasteiger partial charge in [0.25, 0.3) is 0 Å². The molecule has 0 fully saturated rings. The van der Waals surface area contributed by atoms with Crippen molar-refractivity contribution in [3.8, 4) is 5.75 Å². The normalized spacial score (nSPS) is 11.8. The fourth-order valence-electron chi connectivity index (χ4n) is 2.28. The van der Waals surface area contributed by atoms with Crippen LogP contribution in [0.4, 0.5) is 5.69 Å². The third-order valence-corrected chi connectivity index (χ3v) is 3.79. The van der Waals surface area contributed by atoms with Crippen molar-refractivity contribution >= 4 is 35.0 Å². The number of nitrogen functional groups attached to an aromatic ring is 1. The molecule has 0 bridgehead atoms. The molecule has 7 N–H and O–H groups in total. The molecule has 140 valence electrons. The van der Waals surface area contributed by atoms with Crippen molar-refractivity contribution in [1.82, 2.24) is 5.32 Å². The molecule has 7 nitrogen and oxygen atoms in total. The summed E-state index contributed by atoms with van der Waals surface area (Å²) in [6.45, 7) is 4.01. The summed E-state index contributed by atoms with van der Waals surface area (Å²) in [4.78, 5) is 9.36. The summed E-state index contributed by atoms with van der Waals surface area (Å²) < 4.78 is 0. The highest BCUT2D eigenvalue weighted by atomic mass is 35.5. The molecule has 0 aliphatic rings. The van der Waals surface area contributed by atoms with Crippen molar-refractivity contribution in [3.05, 3.63) is 77.0 Å². The maximum absolute atomic E-state index is 9.77. The molecule has 0 spiro atoms. The van der Waals surface area contributed by atoms with E-state index < -0.39 is 0 Å². The predicted octanol–water partition coefficient (Wildman–Crippen LogP) is 3.27. The second-order valence-corrected chi connectivity index (χ2v) is 5.87. The molecule has 8 heteroatoms. The zero-order chi connectivity index (χ0) is 19.8. The highest BCUT2D eigenvalue weighted by Crippen LogP contribution is 2.26. The van der Waals surface area contributed by atoms with E-state index in [1.165, 1.54) is 6.08 Å². The quantitative estimate of drug-likeness (QED) is 0.164. The van der Waals surface area contributed by atoms with E-state index in [1.54, 1.807) is 42.5 Å². The molecule has 0 heterocycles. The molecule has 0 radical (unpaired) electrons. The van der Waals surface area contributed by atoms with E-state index >= 15 is 0 Å². The molecule has 2 rings (SSSR count). The van der Waals surface area contributed by atoms with E-state index in [-0.39, 0.29) is 12.3 Å². The average Bonchev–Trinajstić information content (AvgIpc) is 2.65. The molecule has 0 aliphatic heterocycles. The number of nitrogens with one attached hydrogen (secondary N) is 2. The second kappa shape index (κ2) is 9.42. The first-order chi connectivity index (χ1) is 13.0. The maximum atomic E-state index is 9.77. The lowest BCUT2D eigenvalue weighted by molar-refractivity contribution is 0.333. The number of para-hydroxylation sites is 1. The monoisotopic (exact) mass is 385 g/mol. The minimum atomic E-state index is -0.0402. The van der Waals surface area contributed by atoms with Gasteiger partial charge in [0.1, 0.15) is 11.6 Å². The Morgan fingerprint density at radius 2 is 2.04 bits per heavy atom. The summed E-state index contributed by atoms with van der Waals surface area (Å²) in [5.41, 5.74) is 8.03. The molecular formula is C19H20ClN5O2. The van der Waals surface area contributed by atoms with Gasteiger partial charge in [0.2, 0.25) is 0 Å². The molecule has 0 saturated heterocycles. The lowest BCUT2D eigenvalue weighted by Crippen LogP contribution is -2.27. The molecule has 2 aromatic carbocycles. The molecule has 0 saturated carbocycles. The molecule has 0 unspecified atom stereocenters. The third-order valence-electron chi connectivity index (χ3n) is 3.55. The van der Waals surface area contributed by atoms with Crippen molar-refractivity contribution in [2.75, 3.05) is 12.3 Å². The first-order valence-corrected chi connectivity index (χ1v) is 8.25. The lowest BCUT2D eigenvalue weighted by atomic mass is 10.1. The van der Waals surface area contributed by atoms with Gasteiger partial charge in [-0.3, -0.25) is 0 Å². The minimum Gasteiger partial charge on any atom is -0.510 e. The van der Waals surface area contributed by atoms with E-state index in [0.29, 0.717) is 39.1 Å². The van der Waals surface area contributed by atoms with Crippen LogP contribution in [-0.2, 0) is 0 Å².